The van der Waals surface area contributed by atoms with E-state index in [0.29, 0.717) is 17.9 Å². The molecule has 0 radical (unpaired) electrons. The molecule has 1 aromatic heterocycles. The minimum Gasteiger partial charge on any atom is -0.394 e. The van der Waals surface area contributed by atoms with E-state index in [9.17, 15) is 18.3 Å². The Morgan fingerprint density at radius 2 is 2.06 bits per heavy atom. The summed E-state index contributed by atoms with van der Waals surface area (Å²) >= 11 is 0.542. The number of alkyl halides is 3. The largest absolute Gasteiger partial charge is 0.445 e. The monoisotopic (exact) mass is 281 g/mol. The number of hydrogen-bond donors (Lipinski definition) is 1. The summed E-state index contributed by atoms with van der Waals surface area (Å²) in [5.41, 5.74) is 0. The van der Waals surface area contributed by atoms with E-state index in [1.807, 2.05) is 0 Å². The highest BCUT2D eigenvalue weighted by Crippen LogP contribution is 2.35. The molecule has 0 saturated carbocycles. The van der Waals surface area contributed by atoms with Crippen molar-refractivity contribution < 1.29 is 18.3 Å². The van der Waals surface area contributed by atoms with Crippen LogP contribution in [0.1, 0.15) is 30.7 Å². The van der Waals surface area contributed by atoms with Gasteiger partial charge in [-0.15, -0.1) is 10.2 Å². The van der Waals surface area contributed by atoms with Crippen molar-refractivity contribution in [1.29, 1.82) is 0 Å². The molecule has 1 aliphatic heterocycles. The van der Waals surface area contributed by atoms with Gasteiger partial charge in [-0.25, -0.2) is 0 Å². The van der Waals surface area contributed by atoms with Crippen molar-refractivity contribution in [1.82, 2.24) is 10.2 Å². The first-order chi connectivity index (χ1) is 8.52. The lowest BCUT2D eigenvalue weighted by atomic mass is 10.1. The van der Waals surface area contributed by atoms with E-state index in [2.05, 4.69) is 10.2 Å². The Balaban J connectivity index is 2.20. The first-order valence-electron chi connectivity index (χ1n) is 5.80. The fourth-order valence-electron chi connectivity index (χ4n) is 2.07. The van der Waals surface area contributed by atoms with E-state index >= 15 is 0 Å². The quantitative estimate of drug-likeness (QED) is 0.903. The molecule has 102 valence electrons. The second-order valence-corrected chi connectivity index (χ2v) is 5.22. The third kappa shape index (κ3) is 2.92. The smallest absolute Gasteiger partial charge is 0.394 e. The standard InChI is InChI=1S/C10H14F3N3OS/c11-10(12,13)8-14-15-9(18-8)16-5-3-1-2-4-7(16)6-17/h7,17H,1-6H2. The number of rotatable bonds is 2. The van der Waals surface area contributed by atoms with E-state index in [0.717, 1.165) is 25.7 Å². The minimum atomic E-state index is -4.45. The molecular formula is C10H14F3N3OS. The van der Waals surface area contributed by atoms with Gasteiger partial charge in [0, 0.05) is 6.54 Å². The Hall–Kier alpha value is -0.890. The lowest BCUT2D eigenvalue weighted by Gasteiger charge is -2.27. The maximum atomic E-state index is 12.5. The Kier molecular flexibility index (Phi) is 4.06. The zero-order valence-corrected chi connectivity index (χ0v) is 10.5. The molecular weight excluding hydrogens is 267 g/mol. The molecule has 2 heterocycles. The van der Waals surface area contributed by atoms with Crippen LogP contribution in [0.3, 0.4) is 0 Å². The van der Waals surface area contributed by atoms with Gasteiger partial charge in [-0.05, 0) is 12.8 Å². The molecule has 0 amide bonds. The van der Waals surface area contributed by atoms with Crippen molar-refractivity contribution in [2.45, 2.75) is 37.9 Å². The number of aliphatic hydroxyl groups is 1. The fourth-order valence-corrected chi connectivity index (χ4v) is 2.87. The van der Waals surface area contributed by atoms with Gasteiger partial charge < -0.3 is 10.0 Å². The SMILES string of the molecule is OCC1CCCCCN1c1nnc(C(F)(F)F)s1. The highest BCUT2D eigenvalue weighted by atomic mass is 32.1. The molecule has 0 aromatic carbocycles. The van der Waals surface area contributed by atoms with Crippen LogP contribution in [0.5, 0.6) is 0 Å². The second kappa shape index (κ2) is 5.40. The van der Waals surface area contributed by atoms with Crippen molar-refractivity contribution in [3.8, 4) is 0 Å². The molecule has 1 aliphatic rings. The average molecular weight is 281 g/mol. The first kappa shape index (κ1) is 13.5. The first-order valence-corrected chi connectivity index (χ1v) is 6.62. The summed E-state index contributed by atoms with van der Waals surface area (Å²) in [5.74, 6) is 0. The third-order valence-corrected chi connectivity index (χ3v) is 4.00. The van der Waals surface area contributed by atoms with Crippen LogP contribution < -0.4 is 4.90 Å². The van der Waals surface area contributed by atoms with Crippen molar-refractivity contribution >= 4 is 16.5 Å². The van der Waals surface area contributed by atoms with Gasteiger partial charge in [-0.1, -0.05) is 24.2 Å². The molecule has 1 aromatic rings. The number of nitrogens with zero attached hydrogens (tertiary/aromatic N) is 3. The van der Waals surface area contributed by atoms with Gasteiger partial charge >= 0.3 is 6.18 Å². The molecule has 8 heteroatoms. The summed E-state index contributed by atoms with van der Waals surface area (Å²) in [7, 11) is 0. The van der Waals surface area contributed by atoms with Gasteiger partial charge in [0.25, 0.3) is 0 Å². The molecule has 2 rings (SSSR count). The minimum absolute atomic E-state index is 0.0685. The Bertz CT molecular complexity index is 396. The number of hydrogen-bond acceptors (Lipinski definition) is 5. The van der Waals surface area contributed by atoms with Crippen LogP contribution in [-0.2, 0) is 6.18 Å². The molecule has 1 saturated heterocycles. The van der Waals surface area contributed by atoms with Crippen LogP contribution in [0, 0.1) is 0 Å². The zero-order valence-electron chi connectivity index (χ0n) is 9.65. The number of halogens is 3. The fraction of sp³-hybridized carbons (Fsp3) is 0.800. The third-order valence-electron chi connectivity index (χ3n) is 2.99. The molecule has 0 aliphatic carbocycles. The van der Waals surface area contributed by atoms with Gasteiger partial charge in [0.2, 0.25) is 10.1 Å². The van der Waals surface area contributed by atoms with Crippen LogP contribution in [0.2, 0.25) is 0 Å². The Morgan fingerprint density at radius 1 is 1.28 bits per heavy atom. The highest BCUT2D eigenvalue weighted by Gasteiger charge is 2.37. The van der Waals surface area contributed by atoms with Gasteiger partial charge in [0.05, 0.1) is 12.6 Å². The highest BCUT2D eigenvalue weighted by molar-refractivity contribution is 7.15. The van der Waals surface area contributed by atoms with E-state index in [-0.39, 0.29) is 17.8 Å². The predicted octanol–water partition coefficient (Wildman–Crippen LogP) is 2.30. The van der Waals surface area contributed by atoms with E-state index < -0.39 is 11.2 Å². The molecule has 0 bridgehead atoms. The maximum Gasteiger partial charge on any atom is 0.445 e. The second-order valence-electron chi connectivity index (χ2n) is 4.27. The van der Waals surface area contributed by atoms with Crippen LogP contribution in [-0.4, -0.2) is 34.5 Å². The van der Waals surface area contributed by atoms with Crippen LogP contribution in [0.25, 0.3) is 0 Å². The molecule has 1 N–H and O–H groups in total. The van der Waals surface area contributed by atoms with Crippen LogP contribution in [0.4, 0.5) is 18.3 Å². The Morgan fingerprint density at radius 3 is 2.67 bits per heavy atom. The van der Waals surface area contributed by atoms with Crippen LogP contribution in [0.15, 0.2) is 0 Å². The lowest BCUT2D eigenvalue weighted by Crippen LogP contribution is -2.37. The van der Waals surface area contributed by atoms with Crippen molar-refractivity contribution in [3.63, 3.8) is 0 Å². The van der Waals surface area contributed by atoms with Crippen molar-refractivity contribution in [3.05, 3.63) is 5.01 Å². The van der Waals surface area contributed by atoms with Gasteiger partial charge in [0.15, 0.2) is 0 Å². The van der Waals surface area contributed by atoms with E-state index in [1.54, 1.807) is 4.90 Å². The number of aliphatic hydroxyl groups excluding tert-OH is 1. The summed E-state index contributed by atoms with van der Waals surface area (Å²) < 4.78 is 37.4. The normalized spacial score (nSPS) is 22.0. The van der Waals surface area contributed by atoms with Crippen LogP contribution >= 0.6 is 11.3 Å². The topological polar surface area (TPSA) is 49.2 Å². The van der Waals surface area contributed by atoms with Gasteiger partial charge in [-0.2, -0.15) is 13.2 Å². The molecule has 0 spiro atoms. The zero-order chi connectivity index (χ0) is 13.2. The van der Waals surface area contributed by atoms with Gasteiger partial charge in [-0.3, -0.25) is 0 Å². The number of anilines is 1. The molecule has 18 heavy (non-hydrogen) atoms. The molecule has 4 nitrogen and oxygen atoms in total. The lowest BCUT2D eigenvalue weighted by molar-refractivity contribution is -0.138. The molecule has 1 fully saturated rings. The maximum absolute atomic E-state index is 12.5. The van der Waals surface area contributed by atoms with E-state index in [4.69, 9.17) is 0 Å². The Labute approximate surface area is 106 Å². The van der Waals surface area contributed by atoms with Crippen molar-refractivity contribution in [2.75, 3.05) is 18.1 Å². The predicted molar refractivity (Wildman–Crippen MR) is 61.6 cm³/mol. The summed E-state index contributed by atoms with van der Waals surface area (Å²) in [6, 6.07) is -0.151. The van der Waals surface area contributed by atoms with Gasteiger partial charge in [0.1, 0.15) is 0 Å². The summed E-state index contributed by atoms with van der Waals surface area (Å²) in [6.07, 6.45) is -0.768. The van der Waals surface area contributed by atoms with E-state index in [1.165, 1.54) is 0 Å². The summed E-state index contributed by atoms with van der Waals surface area (Å²) in [5, 5.41) is 15.4. The average Bonchev–Trinajstić information content (AvgIpc) is 2.68. The summed E-state index contributed by atoms with van der Waals surface area (Å²) in [6.45, 7) is 0.554. The summed E-state index contributed by atoms with van der Waals surface area (Å²) in [4.78, 5) is 1.75. The molecule has 1 atom stereocenters. The number of aromatic nitrogens is 2. The van der Waals surface area contributed by atoms with Crippen molar-refractivity contribution in [2.24, 2.45) is 0 Å². The molecule has 1 unspecified atom stereocenters.